The second kappa shape index (κ2) is 10.8. The van der Waals surface area contributed by atoms with Crippen LogP contribution in [0.3, 0.4) is 0 Å². The highest BCUT2D eigenvalue weighted by Crippen LogP contribution is 2.30. The molecule has 0 saturated heterocycles. The van der Waals surface area contributed by atoms with Crippen LogP contribution in [0, 0.1) is 6.92 Å². The van der Waals surface area contributed by atoms with Gasteiger partial charge >= 0.3 is 0 Å². The quantitative estimate of drug-likeness (QED) is 0.332. The van der Waals surface area contributed by atoms with Gasteiger partial charge in [-0.05, 0) is 42.3 Å². The zero-order valence-electron chi connectivity index (χ0n) is 19.1. The third-order valence-corrected chi connectivity index (χ3v) is 7.65. The van der Waals surface area contributed by atoms with E-state index in [9.17, 15) is 13.2 Å². The van der Waals surface area contributed by atoms with E-state index in [1.165, 1.54) is 12.1 Å². The zero-order valence-corrected chi connectivity index (χ0v) is 20.7. The van der Waals surface area contributed by atoms with E-state index in [1.807, 2.05) is 61.5 Å². The topological polar surface area (TPSA) is 66.5 Å². The lowest BCUT2D eigenvalue weighted by molar-refractivity contribution is -0.120. The van der Waals surface area contributed by atoms with Crippen molar-refractivity contribution in [1.82, 2.24) is 5.32 Å². The van der Waals surface area contributed by atoms with E-state index < -0.39 is 28.5 Å². The van der Waals surface area contributed by atoms with E-state index in [2.05, 4.69) is 5.32 Å². The van der Waals surface area contributed by atoms with Crippen molar-refractivity contribution in [3.8, 4) is 0 Å². The molecular formula is C28H25ClN2O3S. The minimum Gasteiger partial charge on any atom is -0.344 e. The number of nitrogens with zero attached hydrogens (tertiary/aromatic N) is 1. The molecule has 0 aliphatic carbocycles. The maximum Gasteiger partial charge on any atom is 0.264 e. The van der Waals surface area contributed by atoms with Crippen LogP contribution in [0.4, 0.5) is 5.69 Å². The summed E-state index contributed by atoms with van der Waals surface area (Å²) in [5.74, 6) is -0.459. The monoisotopic (exact) mass is 504 g/mol. The molecule has 1 unspecified atom stereocenters. The Morgan fingerprint density at radius 1 is 0.829 bits per heavy atom. The standard InChI is InChI=1S/C28H25ClN2O3S/c1-21-11-10-14-23(19-21)28(22-12-4-2-5-13-22)30-27(32)20-31(26-18-9-8-17-25(26)29)35(33,34)24-15-6-3-7-16-24/h2-19,28H,20H2,1H3,(H,30,32). The van der Waals surface area contributed by atoms with Crippen LogP contribution in [0.1, 0.15) is 22.7 Å². The van der Waals surface area contributed by atoms with Gasteiger partial charge < -0.3 is 5.32 Å². The summed E-state index contributed by atoms with van der Waals surface area (Å²) >= 11 is 6.37. The molecule has 35 heavy (non-hydrogen) atoms. The van der Waals surface area contributed by atoms with Crippen LogP contribution in [0.25, 0.3) is 0 Å². The van der Waals surface area contributed by atoms with Crippen molar-refractivity contribution in [2.75, 3.05) is 10.8 Å². The fourth-order valence-corrected chi connectivity index (χ4v) is 5.61. The maximum absolute atomic E-state index is 13.6. The van der Waals surface area contributed by atoms with E-state index in [4.69, 9.17) is 11.6 Å². The molecule has 0 aromatic heterocycles. The summed E-state index contributed by atoms with van der Waals surface area (Å²) < 4.78 is 28.2. The van der Waals surface area contributed by atoms with Gasteiger partial charge in [0.2, 0.25) is 5.91 Å². The molecule has 1 atom stereocenters. The molecule has 1 N–H and O–H groups in total. The molecule has 0 aliphatic rings. The van der Waals surface area contributed by atoms with Crippen LogP contribution >= 0.6 is 11.6 Å². The van der Waals surface area contributed by atoms with Crippen molar-refractivity contribution < 1.29 is 13.2 Å². The summed E-state index contributed by atoms with van der Waals surface area (Å²) in [5, 5.41) is 3.27. The fraction of sp³-hybridized carbons (Fsp3) is 0.107. The molecule has 0 radical (unpaired) electrons. The van der Waals surface area contributed by atoms with Crippen LogP contribution in [0.2, 0.25) is 5.02 Å². The smallest absolute Gasteiger partial charge is 0.264 e. The normalized spacial score (nSPS) is 12.1. The third-order valence-electron chi connectivity index (χ3n) is 5.55. The lowest BCUT2D eigenvalue weighted by Gasteiger charge is -2.27. The van der Waals surface area contributed by atoms with Crippen molar-refractivity contribution in [1.29, 1.82) is 0 Å². The number of anilines is 1. The number of hydrogen-bond donors (Lipinski definition) is 1. The van der Waals surface area contributed by atoms with Crippen LogP contribution in [-0.4, -0.2) is 20.9 Å². The largest absolute Gasteiger partial charge is 0.344 e. The van der Waals surface area contributed by atoms with E-state index in [0.717, 1.165) is 21.0 Å². The van der Waals surface area contributed by atoms with Crippen LogP contribution < -0.4 is 9.62 Å². The van der Waals surface area contributed by atoms with Crippen LogP contribution in [-0.2, 0) is 14.8 Å². The molecule has 4 aromatic rings. The Morgan fingerprint density at radius 3 is 2.09 bits per heavy atom. The lowest BCUT2D eigenvalue weighted by Crippen LogP contribution is -2.42. The minimum atomic E-state index is -4.06. The van der Waals surface area contributed by atoms with Gasteiger partial charge in [-0.1, -0.05) is 102 Å². The second-order valence-electron chi connectivity index (χ2n) is 8.10. The first kappa shape index (κ1) is 24.5. The van der Waals surface area contributed by atoms with Gasteiger partial charge in [-0.25, -0.2) is 8.42 Å². The minimum absolute atomic E-state index is 0.0750. The number of aryl methyl sites for hydroxylation is 1. The number of nitrogens with one attached hydrogen (secondary N) is 1. The predicted octanol–water partition coefficient (Wildman–Crippen LogP) is 5.75. The number of halogens is 1. The number of sulfonamides is 1. The first-order valence-corrected chi connectivity index (χ1v) is 12.9. The first-order chi connectivity index (χ1) is 16.9. The molecule has 4 aromatic carbocycles. The average molecular weight is 505 g/mol. The van der Waals surface area contributed by atoms with Gasteiger partial charge in [-0.2, -0.15) is 0 Å². The summed E-state index contributed by atoms with van der Waals surface area (Å²) in [5.41, 5.74) is 3.09. The molecule has 7 heteroatoms. The Morgan fingerprint density at radius 2 is 1.43 bits per heavy atom. The Kier molecular flexibility index (Phi) is 7.54. The van der Waals surface area contributed by atoms with Gasteiger partial charge in [0.15, 0.2) is 0 Å². The van der Waals surface area contributed by atoms with E-state index in [1.54, 1.807) is 42.5 Å². The van der Waals surface area contributed by atoms with Crippen molar-refractivity contribution in [3.63, 3.8) is 0 Å². The van der Waals surface area contributed by atoms with E-state index >= 15 is 0 Å². The number of carbonyl (C=O) groups excluding carboxylic acids is 1. The Labute approximate surface area is 211 Å². The molecule has 0 fully saturated rings. The number of benzene rings is 4. The van der Waals surface area contributed by atoms with Crippen molar-refractivity contribution >= 4 is 33.2 Å². The molecule has 0 heterocycles. The van der Waals surface area contributed by atoms with Gasteiger partial charge in [0, 0.05) is 0 Å². The van der Waals surface area contributed by atoms with Crippen molar-refractivity contribution in [3.05, 3.63) is 131 Å². The molecule has 0 spiro atoms. The SMILES string of the molecule is Cc1cccc(C(NC(=O)CN(c2ccccc2Cl)S(=O)(=O)c2ccccc2)c2ccccc2)c1. The highest BCUT2D eigenvalue weighted by molar-refractivity contribution is 7.92. The lowest BCUT2D eigenvalue weighted by atomic mass is 9.97. The zero-order chi connectivity index (χ0) is 24.8. The number of amides is 1. The summed E-state index contributed by atoms with van der Waals surface area (Å²) in [4.78, 5) is 13.5. The first-order valence-electron chi connectivity index (χ1n) is 11.1. The third kappa shape index (κ3) is 5.73. The number of carbonyl (C=O) groups is 1. The molecule has 5 nitrogen and oxygen atoms in total. The summed E-state index contributed by atoms with van der Waals surface area (Å²) in [6.45, 7) is 1.55. The average Bonchev–Trinajstić information content (AvgIpc) is 2.87. The highest BCUT2D eigenvalue weighted by Gasteiger charge is 2.29. The van der Waals surface area contributed by atoms with E-state index in [-0.39, 0.29) is 15.6 Å². The van der Waals surface area contributed by atoms with Gasteiger partial charge in [0.05, 0.1) is 21.6 Å². The summed E-state index contributed by atoms with van der Waals surface area (Å²) in [6, 6.07) is 31.6. The summed E-state index contributed by atoms with van der Waals surface area (Å²) in [6.07, 6.45) is 0. The molecule has 0 aliphatic heterocycles. The molecule has 4 rings (SSSR count). The summed E-state index contributed by atoms with van der Waals surface area (Å²) in [7, 11) is -4.06. The molecular weight excluding hydrogens is 480 g/mol. The van der Waals surface area contributed by atoms with Crippen molar-refractivity contribution in [2.45, 2.75) is 17.9 Å². The molecule has 1 amide bonds. The highest BCUT2D eigenvalue weighted by atomic mass is 35.5. The second-order valence-corrected chi connectivity index (χ2v) is 10.4. The molecule has 0 bridgehead atoms. The predicted molar refractivity (Wildman–Crippen MR) is 140 cm³/mol. The fourth-order valence-electron chi connectivity index (χ4n) is 3.86. The number of rotatable bonds is 8. The van der Waals surface area contributed by atoms with Crippen molar-refractivity contribution in [2.24, 2.45) is 0 Å². The van der Waals surface area contributed by atoms with Gasteiger partial charge in [-0.15, -0.1) is 0 Å². The molecule has 178 valence electrons. The Hall–Kier alpha value is -3.61. The van der Waals surface area contributed by atoms with Gasteiger partial charge in [0.1, 0.15) is 6.54 Å². The van der Waals surface area contributed by atoms with Gasteiger partial charge in [0.25, 0.3) is 10.0 Å². The maximum atomic E-state index is 13.6. The van der Waals surface area contributed by atoms with Crippen LogP contribution in [0.15, 0.2) is 114 Å². The van der Waals surface area contributed by atoms with Crippen LogP contribution in [0.5, 0.6) is 0 Å². The molecule has 0 saturated carbocycles. The van der Waals surface area contributed by atoms with Gasteiger partial charge in [-0.3, -0.25) is 9.10 Å². The number of hydrogen-bond acceptors (Lipinski definition) is 3. The Balaban J connectivity index is 1.70. The number of para-hydroxylation sites is 1. The Bertz CT molecular complexity index is 1410. The van der Waals surface area contributed by atoms with E-state index in [0.29, 0.717) is 0 Å².